The van der Waals surface area contributed by atoms with Gasteiger partial charge in [0, 0.05) is 31.2 Å². The number of carbonyl (C=O) groups is 1. The fraction of sp³-hybridized carbons (Fsp3) is 0.467. The molecule has 1 aromatic rings. The van der Waals surface area contributed by atoms with E-state index in [-0.39, 0.29) is 22.7 Å². The van der Waals surface area contributed by atoms with E-state index < -0.39 is 0 Å². The molecular weight excluding hydrogens is 290 g/mol. The number of halogens is 1. The molecule has 2 aliphatic rings. The number of carbonyl (C=O) groups excluding carboxylic acids is 1. The van der Waals surface area contributed by atoms with Crippen LogP contribution in [0.1, 0.15) is 23.2 Å². The van der Waals surface area contributed by atoms with Gasteiger partial charge in [0.15, 0.2) is 0 Å². The van der Waals surface area contributed by atoms with Crippen molar-refractivity contribution in [2.75, 3.05) is 19.6 Å². The Labute approximate surface area is 128 Å². The molecule has 1 aromatic carbocycles. The molecule has 1 saturated heterocycles. The zero-order chi connectivity index (χ0) is 15.0. The number of amides is 1. The lowest BCUT2D eigenvalue weighted by Crippen LogP contribution is -2.54. The summed E-state index contributed by atoms with van der Waals surface area (Å²) in [5.74, 6) is -0.186. The maximum atomic E-state index is 12.5. The second kappa shape index (κ2) is 5.55. The van der Waals surface area contributed by atoms with Gasteiger partial charge in [0.2, 0.25) is 0 Å². The van der Waals surface area contributed by atoms with Crippen molar-refractivity contribution < 1.29 is 9.90 Å². The molecule has 0 aromatic heterocycles. The SMILES string of the molecule is N#C[C@H]1CN(C(=O)c2ccc(O)c(Cl)c2)CCN1C1CC1. The summed E-state index contributed by atoms with van der Waals surface area (Å²) in [6, 6.07) is 7.02. The predicted octanol–water partition coefficient (Wildman–Crippen LogP) is 1.86. The summed E-state index contributed by atoms with van der Waals surface area (Å²) in [7, 11) is 0. The summed E-state index contributed by atoms with van der Waals surface area (Å²) in [5.41, 5.74) is 0.439. The van der Waals surface area contributed by atoms with Gasteiger partial charge in [-0.3, -0.25) is 9.69 Å². The number of phenolic OH excluding ortho intramolecular Hbond substituents is 1. The topological polar surface area (TPSA) is 67.6 Å². The molecule has 1 atom stereocenters. The van der Waals surface area contributed by atoms with Crippen LogP contribution in [0.15, 0.2) is 18.2 Å². The average Bonchev–Trinajstić information content (AvgIpc) is 3.33. The molecule has 0 unspecified atom stereocenters. The Kier molecular flexibility index (Phi) is 3.75. The van der Waals surface area contributed by atoms with Gasteiger partial charge >= 0.3 is 0 Å². The quantitative estimate of drug-likeness (QED) is 0.905. The standard InChI is InChI=1S/C15H16ClN3O2/c16-13-7-10(1-4-14(13)20)15(21)18-5-6-19(11-2-3-11)12(8-17)9-18/h1,4,7,11-12,20H,2-3,5-6,9H2/t12-/m0/s1. The van der Waals surface area contributed by atoms with Crippen LogP contribution < -0.4 is 0 Å². The number of nitrogens with zero attached hydrogens (tertiary/aromatic N) is 3. The maximum Gasteiger partial charge on any atom is 0.254 e. The largest absolute Gasteiger partial charge is 0.506 e. The molecule has 1 amide bonds. The van der Waals surface area contributed by atoms with Gasteiger partial charge in [0.25, 0.3) is 5.91 Å². The summed E-state index contributed by atoms with van der Waals surface area (Å²) < 4.78 is 0. The third kappa shape index (κ3) is 2.82. The number of piperazine rings is 1. The Balaban J connectivity index is 1.73. The highest BCUT2D eigenvalue weighted by molar-refractivity contribution is 6.32. The van der Waals surface area contributed by atoms with E-state index in [4.69, 9.17) is 11.6 Å². The molecule has 1 aliphatic heterocycles. The molecule has 1 heterocycles. The van der Waals surface area contributed by atoms with Crippen LogP contribution in [0, 0.1) is 11.3 Å². The highest BCUT2D eigenvalue weighted by Gasteiger charge is 2.38. The van der Waals surface area contributed by atoms with Gasteiger partial charge in [-0.15, -0.1) is 0 Å². The number of phenols is 1. The van der Waals surface area contributed by atoms with E-state index in [9.17, 15) is 15.2 Å². The van der Waals surface area contributed by atoms with Gasteiger partial charge in [0.05, 0.1) is 11.1 Å². The van der Waals surface area contributed by atoms with Gasteiger partial charge in [-0.1, -0.05) is 11.6 Å². The summed E-state index contributed by atoms with van der Waals surface area (Å²) >= 11 is 5.84. The molecule has 0 spiro atoms. The van der Waals surface area contributed by atoms with E-state index in [1.165, 1.54) is 12.1 Å². The zero-order valence-corrected chi connectivity index (χ0v) is 12.3. The van der Waals surface area contributed by atoms with E-state index in [0.29, 0.717) is 24.7 Å². The van der Waals surface area contributed by atoms with Crippen molar-refractivity contribution in [1.82, 2.24) is 9.80 Å². The first-order valence-corrected chi connectivity index (χ1v) is 7.41. The molecule has 0 bridgehead atoms. The lowest BCUT2D eigenvalue weighted by atomic mass is 10.1. The van der Waals surface area contributed by atoms with Crippen LogP contribution in [0.25, 0.3) is 0 Å². The third-order valence-corrected chi connectivity index (χ3v) is 4.37. The van der Waals surface area contributed by atoms with E-state index in [1.54, 1.807) is 11.0 Å². The minimum absolute atomic E-state index is 0.0401. The molecule has 1 aliphatic carbocycles. The number of benzene rings is 1. The number of nitriles is 1. The molecular formula is C15H16ClN3O2. The van der Waals surface area contributed by atoms with Gasteiger partial charge in [-0.2, -0.15) is 5.26 Å². The molecule has 2 fully saturated rings. The fourth-order valence-corrected chi connectivity index (χ4v) is 2.94. The smallest absolute Gasteiger partial charge is 0.254 e. The molecule has 110 valence electrons. The van der Waals surface area contributed by atoms with E-state index in [0.717, 1.165) is 19.4 Å². The van der Waals surface area contributed by atoms with Crippen LogP contribution in [0.5, 0.6) is 5.75 Å². The van der Waals surface area contributed by atoms with Crippen molar-refractivity contribution >= 4 is 17.5 Å². The number of hydrogen-bond acceptors (Lipinski definition) is 4. The van der Waals surface area contributed by atoms with Crippen LogP contribution in [-0.2, 0) is 0 Å². The van der Waals surface area contributed by atoms with Crippen molar-refractivity contribution in [3.63, 3.8) is 0 Å². The van der Waals surface area contributed by atoms with Gasteiger partial charge in [-0.05, 0) is 31.0 Å². The lowest BCUT2D eigenvalue weighted by Gasteiger charge is -2.38. The van der Waals surface area contributed by atoms with Crippen LogP contribution in [0.3, 0.4) is 0 Å². The Morgan fingerprint density at radius 2 is 2.14 bits per heavy atom. The highest BCUT2D eigenvalue weighted by atomic mass is 35.5. The Hall–Kier alpha value is -1.77. The van der Waals surface area contributed by atoms with E-state index in [1.807, 2.05) is 0 Å². The number of rotatable bonds is 2. The second-order valence-corrected chi connectivity index (χ2v) is 5.94. The first kappa shape index (κ1) is 14.2. The monoisotopic (exact) mass is 305 g/mol. The molecule has 3 rings (SSSR count). The van der Waals surface area contributed by atoms with Crippen molar-refractivity contribution in [1.29, 1.82) is 5.26 Å². The highest BCUT2D eigenvalue weighted by Crippen LogP contribution is 2.30. The Morgan fingerprint density at radius 3 is 2.76 bits per heavy atom. The molecule has 5 nitrogen and oxygen atoms in total. The molecule has 1 saturated carbocycles. The van der Waals surface area contributed by atoms with Crippen molar-refractivity contribution in [2.24, 2.45) is 0 Å². The summed E-state index contributed by atoms with van der Waals surface area (Å²) in [6.07, 6.45) is 2.30. The Bertz CT molecular complexity index is 609. The summed E-state index contributed by atoms with van der Waals surface area (Å²) in [6.45, 7) is 1.77. The molecule has 21 heavy (non-hydrogen) atoms. The zero-order valence-electron chi connectivity index (χ0n) is 11.5. The number of aromatic hydroxyl groups is 1. The van der Waals surface area contributed by atoms with Crippen molar-refractivity contribution in [3.8, 4) is 11.8 Å². The third-order valence-electron chi connectivity index (χ3n) is 4.07. The van der Waals surface area contributed by atoms with E-state index >= 15 is 0 Å². The predicted molar refractivity (Wildman–Crippen MR) is 78.1 cm³/mol. The minimum Gasteiger partial charge on any atom is -0.506 e. The van der Waals surface area contributed by atoms with Crippen molar-refractivity contribution in [3.05, 3.63) is 28.8 Å². The van der Waals surface area contributed by atoms with Gasteiger partial charge < -0.3 is 10.0 Å². The second-order valence-electron chi connectivity index (χ2n) is 5.53. The Morgan fingerprint density at radius 1 is 1.38 bits per heavy atom. The summed E-state index contributed by atoms with van der Waals surface area (Å²) in [4.78, 5) is 16.4. The fourth-order valence-electron chi connectivity index (χ4n) is 2.76. The van der Waals surface area contributed by atoms with Crippen LogP contribution >= 0.6 is 11.6 Å². The van der Waals surface area contributed by atoms with Gasteiger partial charge in [-0.25, -0.2) is 0 Å². The summed E-state index contributed by atoms with van der Waals surface area (Å²) in [5, 5.41) is 18.9. The van der Waals surface area contributed by atoms with E-state index in [2.05, 4.69) is 11.0 Å². The average molecular weight is 306 g/mol. The first-order chi connectivity index (χ1) is 10.1. The molecule has 1 N–H and O–H groups in total. The van der Waals surface area contributed by atoms with Gasteiger partial charge in [0.1, 0.15) is 11.8 Å². The molecule has 0 radical (unpaired) electrons. The van der Waals surface area contributed by atoms with Crippen LogP contribution in [0.4, 0.5) is 0 Å². The lowest BCUT2D eigenvalue weighted by molar-refractivity contribution is 0.0550. The first-order valence-electron chi connectivity index (χ1n) is 7.03. The normalized spacial score (nSPS) is 22.9. The minimum atomic E-state index is -0.234. The van der Waals surface area contributed by atoms with Crippen LogP contribution in [0.2, 0.25) is 5.02 Å². The number of hydrogen-bond donors (Lipinski definition) is 1. The van der Waals surface area contributed by atoms with Crippen LogP contribution in [-0.4, -0.2) is 52.5 Å². The maximum absolute atomic E-state index is 12.5. The van der Waals surface area contributed by atoms with Crippen molar-refractivity contribution in [2.45, 2.75) is 24.9 Å². The molecule has 6 heteroatoms.